The number of hydrogen-bond donors (Lipinski definition) is 2. The first-order valence-corrected chi connectivity index (χ1v) is 7.27. The molecule has 0 amide bonds. The Balaban J connectivity index is 2.05. The minimum absolute atomic E-state index is 0.190. The molecule has 1 aromatic carbocycles. The van der Waals surface area contributed by atoms with E-state index < -0.39 is 5.97 Å². The lowest BCUT2D eigenvalue weighted by Crippen LogP contribution is -2.29. The van der Waals surface area contributed by atoms with Crippen LogP contribution in [0.5, 0.6) is 11.5 Å². The zero-order valence-electron chi connectivity index (χ0n) is 12.8. The summed E-state index contributed by atoms with van der Waals surface area (Å²) >= 11 is 0. The van der Waals surface area contributed by atoms with Crippen LogP contribution in [0.3, 0.4) is 0 Å². The molecule has 0 bridgehead atoms. The zero-order valence-corrected chi connectivity index (χ0v) is 12.8. The highest BCUT2D eigenvalue weighted by atomic mass is 16.5. The molecular weight excluding hydrogens is 270 g/mol. The Bertz CT molecular complexity index is 482. The fourth-order valence-corrected chi connectivity index (χ4v) is 2.89. The van der Waals surface area contributed by atoms with Crippen LogP contribution < -0.4 is 14.8 Å². The van der Waals surface area contributed by atoms with Crippen molar-refractivity contribution < 1.29 is 19.4 Å². The Morgan fingerprint density at radius 3 is 2.10 bits per heavy atom. The molecule has 2 N–H and O–H groups in total. The van der Waals surface area contributed by atoms with Gasteiger partial charge in [0.25, 0.3) is 0 Å². The van der Waals surface area contributed by atoms with Crippen LogP contribution in [-0.4, -0.2) is 31.3 Å². The Morgan fingerprint density at radius 1 is 1.14 bits per heavy atom. The molecule has 0 aliphatic heterocycles. The molecule has 0 radical (unpaired) electrons. The number of carbonyl (C=O) groups is 1. The fourth-order valence-electron chi connectivity index (χ4n) is 2.89. The smallest absolute Gasteiger partial charge is 0.306 e. The normalized spacial score (nSPS) is 21.7. The molecule has 0 saturated heterocycles. The molecule has 1 aromatic rings. The first-order valence-electron chi connectivity index (χ1n) is 7.27. The largest absolute Gasteiger partial charge is 0.496 e. The molecule has 5 nitrogen and oxygen atoms in total. The van der Waals surface area contributed by atoms with Crippen molar-refractivity contribution in [2.45, 2.75) is 38.6 Å². The van der Waals surface area contributed by atoms with Crippen molar-refractivity contribution in [3.8, 4) is 11.5 Å². The maximum Gasteiger partial charge on any atom is 0.306 e. The zero-order chi connectivity index (χ0) is 15.4. The number of carboxylic acids is 1. The number of rotatable bonds is 5. The van der Waals surface area contributed by atoms with E-state index in [9.17, 15) is 4.79 Å². The van der Waals surface area contributed by atoms with E-state index in [2.05, 4.69) is 5.32 Å². The summed E-state index contributed by atoms with van der Waals surface area (Å²) in [5, 5.41) is 12.5. The van der Waals surface area contributed by atoms with Crippen molar-refractivity contribution in [3.05, 3.63) is 17.7 Å². The maximum absolute atomic E-state index is 11.0. The molecule has 0 heterocycles. The van der Waals surface area contributed by atoms with E-state index in [1.807, 2.05) is 19.1 Å². The molecule has 5 heteroatoms. The number of hydrogen-bond acceptors (Lipinski definition) is 4. The van der Waals surface area contributed by atoms with Gasteiger partial charge in [-0.1, -0.05) is 0 Å². The van der Waals surface area contributed by atoms with Gasteiger partial charge in [0.1, 0.15) is 11.5 Å². The molecule has 2 rings (SSSR count). The number of ether oxygens (including phenoxy) is 2. The van der Waals surface area contributed by atoms with Crippen LogP contribution in [0.4, 0.5) is 5.69 Å². The summed E-state index contributed by atoms with van der Waals surface area (Å²) in [4.78, 5) is 11.0. The second-order valence-corrected chi connectivity index (χ2v) is 5.54. The topological polar surface area (TPSA) is 67.8 Å². The minimum Gasteiger partial charge on any atom is -0.496 e. The molecule has 21 heavy (non-hydrogen) atoms. The van der Waals surface area contributed by atoms with E-state index in [1.54, 1.807) is 14.2 Å². The van der Waals surface area contributed by atoms with Crippen LogP contribution in [0.2, 0.25) is 0 Å². The lowest BCUT2D eigenvalue weighted by Gasteiger charge is -2.28. The summed E-state index contributed by atoms with van der Waals surface area (Å²) in [6.07, 6.45) is 3.20. The van der Waals surface area contributed by atoms with Crippen LogP contribution >= 0.6 is 0 Å². The predicted molar refractivity (Wildman–Crippen MR) is 81.3 cm³/mol. The first kappa shape index (κ1) is 15.5. The van der Waals surface area contributed by atoms with E-state index in [0.29, 0.717) is 6.04 Å². The van der Waals surface area contributed by atoms with Gasteiger partial charge in [0, 0.05) is 29.4 Å². The van der Waals surface area contributed by atoms with Gasteiger partial charge in [0.2, 0.25) is 0 Å². The van der Waals surface area contributed by atoms with Crippen molar-refractivity contribution in [2.75, 3.05) is 19.5 Å². The third-order valence-electron chi connectivity index (χ3n) is 4.20. The van der Waals surface area contributed by atoms with E-state index in [1.165, 1.54) is 0 Å². The van der Waals surface area contributed by atoms with Gasteiger partial charge in [0.15, 0.2) is 0 Å². The highest BCUT2D eigenvalue weighted by molar-refractivity contribution is 5.70. The Labute approximate surface area is 125 Å². The van der Waals surface area contributed by atoms with Gasteiger partial charge in [-0.05, 0) is 32.6 Å². The summed E-state index contributed by atoms with van der Waals surface area (Å²) in [7, 11) is 3.28. The van der Waals surface area contributed by atoms with Gasteiger partial charge < -0.3 is 19.9 Å². The van der Waals surface area contributed by atoms with Crippen LogP contribution in [0.15, 0.2) is 12.1 Å². The molecule has 116 valence electrons. The maximum atomic E-state index is 11.0. The minimum atomic E-state index is -0.674. The molecule has 1 aliphatic rings. The summed E-state index contributed by atoms with van der Waals surface area (Å²) in [5.41, 5.74) is 1.92. The third kappa shape index (κ3) is 3.60. The molecule has 1 saturated carbocycles. The van der Waals surface area contributed by atoms with E-state index in [-0.39, 0.29) is 5.92 Å². The van der Waals surface area contributed by atoms with Crippen LogP contribution in [0, 0.1) is 12.8 Å². The Morgan fingerprint density at radius 2 is 1.67 bits per heavy atom. The molecule has 0 aromatic heterocycles. The highest BCUT2D eigenvalue weighted by Gasteiger charge is 2.26. The summed E-state index contributed by atoms with van der Waals surface area (Å²) in [5.74, 6) is 0.712. The monoisotopic (exact) mass is 293 g/mol. The number of aliphatic carboxylic acids is 1. The quantitative estimate of drug-likeness (QED) is 0.873. The average Bonchev–Trinajstić information content (AvgIpc) is 2.49. The van der Waals surface area contributed by atoms with Gasteiger partial charge >= 0.3 is 5.97 Å². The predicted octanol–water partition coefficient (Wildman–Crippen LogP) is 3.07. The van der Waals surface area contributed by atoms with E-state index in [0.717, 1.165) is 48.4 Å². The average molecular weight is 293 g/mol. The van der Waals surface area contributed by atoms with Crippen molar-refractivity contribution in [2.24, 2.45) is 5.92 Å². The molecular formula is C16H23NO4. The van der Waals surface area contributed by atoms with Gasteiger partial charge in [0.05, 0.1) is 20.1 Å². The standard InChI is InChI=1S/C16H23NO4/c1-10-14(20-2)8-13(9-15(10)21-3)17-12-6-4-11(5-7-12)16(18)19/h8-9,11-12,17H,4-7H2,1-3H3,(H,18,19). The third-order valence-corrected chi connectivity index (χ3v) is 4.20. The van der Waals surface area contributed by atoms with Gasteiger partial charge in [-0.3, -0.25) is 4.79 Å². The molecule has 0 atom stereocenters. The van der Waals surface area contributed by atoms with E-state index >= 15 is 0 Å². The van der Waals surface area contributed by atoms with Crippen molar-refractivity contribution in [1.29, 1.82) is 0 Å². The summed E-state index contributed by atoms with van der Waals surface area (Å²) in [6.45, 7) is 1.96. The van der Waals surface area contributed by atoms with Crippen LogP contribution in [-0.2, 0) is 4.79 Å². The number of carboxylic acid groups (broad SMARTS) is 1. The van der Waals surface area contributed by atoms with Crippen molar-refractivity contribution in [1.82, 2.24) is 0 Å². The van der Waals surface area contributed by atoms with Gasteiger partial charge in [-0.15, -0.1) is 0 Å². The molecule has 0 unspecified atom stereocenters. The second kappa shape index (κ2) is 6.70. The lowest BCUT2D eigenvalue weighted by molar-refractivity contribution is -0.142. The molecule has 1 fully saturated rings. The Hall–Kier alpha value is -1.91. The van der Waals surface area contributed by atoms with Crippen LogP contribution in [0.1, 0.15) is 31.2 Å². The SMILES string of the molecule is COc1cc(NC2CCC(C(=O)O)CC2)cc(OC)c1C. The number of benzene rings is 1. The van der Waals surface area contributed by atoms with Crippen LogP contribution in [0.25, 0.3) is 0 Å². The Kier molecular flexibility index (Phi) is 4.94. The van der Waals surface area contributed by atoms with Gasteiger partial charge in [-0.25, -0.2) is 0 Å². The fraction of sp³-hybridized carbons (Fsp3) is 0.562. The molecule has 1 aliphatic carbocycles. The van der Waals surface area contributed by atoms with Gasteiger partial charge in [-0.2, -0.15) is 0 Å². The number of methoxy groups -OCH3 is 2. The van der Waals surface area contributed by atoms with Crippen molar-refractivity contribution in [3.63, 3.8) is 0 Å². The highest BCUT2D eigenvalue weighted by Crippen LogP contribution is 2.34. The number of anilines is 1. The first-order chi connectivity index (χ1) is 10.0. The van der Waals surface area contributed by atoms with E-state index in [4.69, 9.17) is 14.6 Å². The lowest BCUT2D eigenvalue weighted by atomic mass is 9.86. The van der Waals surface area contributed by atoms with Crippen molar-refractivity contribution >= 4 is 11.7 Å². The second-order valence-electron chi connectivity index (χ2n) is 5.54. The molecule has 0 spiro atoms. The number of nitrogens with one attached hydrogen (secondary N) is 1. The summed E-state index contributed by atoms with van der Waals surface area (Å²) < 4.78 is 10.7. The summed E-state index contributed by atoms with van der Waals surface area (Å²) in [6, 6.07) is 4.22.